The van der Waals surface area contributed by atoms with E-state index in [2.05, 4.69) is 0 Å². The first-order chi connectivity index (χ1) is 7.68. The SMILES string of the molecule is Cc1ccc(C(=O)N2CCOCC2)c(C)c1. The molecular weight excluding hydrogens is 202 g/mol. The van der Waals surface area contributed by atoms with Crippen molar-refractivity contribution < 1.29 is 9.53 Å². The number of carbonyl (C=O) groups excluding carboxylic acids is 1. The van der Waals surface area contributed by atoms with Crippen LogP contribution in [0.5, 0.6) is 0 Å². The maximum absolute atomic E-state index is 12.2. The van der Waals surface area contributed by atoms with Crippen molar-refractivity contribution in [1.82, 2.24) is 4.90 Å². The second-order valence-corrected chi connectivity index (χ2v) is 4.22. The number of hydrogen-bond acceptors (Lipinski definition) is 2. The van der Waals surface area contributed by atoms with Gasteiger partial charge in [0.25, 0.3) is 5.91 Å². The van der Waals surface area contributed by atoms with Crippen LogP contribution in [0.3, 0.4) is 0 Å². The smallest absolute Gasteiger partial charge is 0.254 e. The van der Waals surface area contributed by atoms with Crippen molar-refractivity contribution in [2.45, 2.75) is 13.8 Å². The average molecular weight is 219 g/mol. The Morgan fingerprint density at radius 3 is 2.56 bits per heavy atom. The van der Waals surface area contributed by atoms with Gasteiger partial charge in [0.2, 0.25) is 0 Å². The van der Waals surface area contributed by atoms with Crippen molar-refractivity contribution in [1.29, 1.82) is 0 Å². The number of morpholine rings is 1. The Labute approximate surface area is 96.0 Å². The highest BCUT2D eigenvalue weighted by atomic mass is 16.5. The van der Waals surface area contributed by atoms with E-state index in [0.717, 1.165) is 11.1 Å². The first kappa shape index (κ1) is 11.1. The predicted molar refractivity (Wildman–Crippen MR) is 62.6 cm³/mol. The topological polar surface area (TPSA) is 29.5 Å². The minimum absolute atomic E-state index is 0.126. The van der Waals surface area contributed by atoms with Gasteiger partial charge in [0.1, 0.15) is 0 Å². The number of nitrogens with zero attached hydrogens (tertiary/aromatic N) is 1. The van der Waals surface area contributed by atoms with Crippen LogP contribution >= 0.6 is 0 Å². The monoisotopic (exact) mass is 219 g/mol. The van der Waals surface area contributed by atoms with Crippen molar-refractivity contribution in [2.75, 3.05) is 26.3 Å². The molecule has 0 aliphatic carbocycles. The highest BCUT2D eigenvalue weighted by molar-refractivity contribution is 5.95. The van der Waals surface area contributed by atoms with Crippen LogP contribution in [0.1, 0.15) is 21.5 Å². The first-order valence-electron chi connectivity index (χ1n) is 5.63. The zero-order valence-electron chi connectivity index (χ0n) is 9.82. The molecule has 0 aromatic heterocycles. The summed E-state index contributed by atoms with van der Waals surface area (Å²) < 4.78 is 5.24. The summed E-state index contributed by atoms with van der Waals surface area (Å²) in [5.41, 5.74) is 3.06. The van der Waals surface area contributed by atoms with Crippen LogP contribution in [0, 0.1) is 13.8 Å². The van der Waals surface area contributed by atoms with Gasteiger partial charge in [-0.05, 0) is 25.5 Å². The van der Waals surface area contributed by atoms with Gasteiger partial charge in [-0.2, -0.15) is 0 Å². The number of rotatable bonds is 1. The molecule has 0 unspecified atom stereocenters. The summed E-state index contributed by atoms with van der Waals surface area (Å²) >= 11 is 0. The molecule has 1 aliphatic rings. The van der Waals surface area contributed by atoms with Crippen molar-refractivity contribution in [3.63, 3.8) is 0 Å². The Morgan fingerprint density at radius 2 is 1.94 bits per heavy atom. The van der Waals surface area contributed by atoms with Gasteiger partial charge in [-0.1, -0.05) is 17.7 Å². The Balaban J connectivity index is 2.19. The van der Waals surface area contributed by atoms with E-state index >= 15 is 0 Å². The standard InChI is InChI=1S/C13H17NO2/c1-10-3-4-12(11(2)9-10)13(15)14-5-7-16-8-6-14/h3-4,9H,5-8H2,1-2H3. The summed E-state index contributed by atoms with van der Waals surface area (Å²) in [5, 5.41) is 0. The fourth-order valence-corrected chi connectivity index (χ4v) is 1.99. The third-order valence-corrected chi connectivity index (χ3v) is 2.91. The number of hydrogen-bond donors (Lipinski definition) is 0. The fraction of sp³-hybridized carbons (Fsp3) is 0.462. The molecule has 1 aromatic carbocycles. The molecule has 86 valence electrons. The van der Waals surface area contributed by atoms with Gasteiger partial charge in [0.15, 0.2) is 0 Å². The molecule has 1 amide bonds. The van der Waals surface area contributed by atoms with Crippen LogP contribution in [0.25, 0.3) is 0 Å². The summed E-state index contributed by atoms with van der Waals surface area (Å²) in [5.74, 6) is 0.126. The average Bonchev–Trinajstić information content (AvgIpc) is 2.29. The first-order valence-corrected chi connectivity index (χ1v) is 5.63. The Morgan fingerprint density at radius 1 is 1.25 bits per heavy atom. The molecule has 1 fully saturated rings. The molecule has 0 N–H and O–H groups in total. The van der Waals surface area contributed by atoms with E-state index in [1.165, 1.54) is 5.56 Å². The molecule has 0 radical (unpaired) electrons. The summed E-state index contributed by atoms with van der Waals surface area (Å²) in [6.07, 6.45) is 0. The Kier molecular flexibility index (Phi) is 3.25. The molecule has 3 heteroatoms. The van der Waals surface area contributed by atoms with Crippen LogP contribution < -0.4 is 0 Å². The largest absolute Gasteiger partial charge is 0.378 e. The number of ether oxygens (including phenoxy) is 1. The lowest BCUT2D eigenvalue weighted by atomic mass is 10.0. The van der Waals surface area contributed by atoms with E-state index in [4.69, 9.17) is 4.74 Å². The zero-order chi connectivity index (χ0) is 11.5. The van der Waals surface area contributed by atoms with E-state index in [-0.39, 0.29) is 5.91 Å². The van der Waals surface area contributed by atoms with E-state index in [1.807, 2.05) is 36.9 Å². The normalized spacial score (nSPS) is 16.2. The molecule has 0 bridgehead atoms. The second kappa shape index (κ2) is 4.66. The number of benzene rings is 1. The number of carbonyl (C=O) groups is 1. The molecule has 1 heterocycles. The maximum atomic E-state index is 12.2. The van der Waals surface area contributed by atoms with Crippen LogP contribution in [0.4, 0.5) is 0 Å². The fourth-order valence-electron chi connectivity index (χ4n) is 1.99. The quantitative estimate of drug-likeness (QED) is 0.720. The van der Waals surface area contributed by atoms with Crippen molar-refractivity contribution in [2.24, 2.45) is 0 Å². The minimum atomic E-state index is 0.126. The van der Waals surface area contributed by atoms with Crippen LogP contribution in [-0.2, 0) is 4.74 Å². The Hall–Kier alpha value is -1.35. The summed E-state index contributed by atoms with van der Waals surface area (Å²) in [6, 6.07) is 5.96. The van der Waals surface area contributed by atoms with Crippen LogP contribution in [0.15, 0.2) is 18.2 Å². The summed E-state index contributed by atoms with van der Waals surface area (Å²) in [7, 11) is 0. The molecule has 16 heavy (non-hydrogen) atoms. The Bertz CT molecular complexity index is 395. The third kappa shape index (κ3) is 2.25. The van der Waals surface area contributed by atoms with Crippen molar-refractivity contribution in [3.8, 4) is 0 Å². The van der Waals surface area contributed by atoms with E-state index in [9.17, 15) is 4.79 Å². The van der Waals surface area contributed by atoms with Gasteiger partial charge in [0, 0.05) is 18.7 Å². The lowest BCUT2D eigenvalue weighted by molar-refractivity contribution is 0.0302. The van der Waals surface area contributed by atoms with Crippen molar-refractivity contribution >= 4 is 5.91 Å². The van der Waals surface area contributed by atoms with E-state index in [0.29, 0.717) is 26.3 Å². The lowest BCUT2D eigenvalue weighted by Crippen LogP contribution is -2.40. The summed E-state index contributed by atoms with van der Waals surface area (Å²) in [4.78, 5) is 14.1. The second-order valence-electron chi connectivity index (χ2n) is 4.22. The van der Waals surface area contributed by atoms with E-state index in [1.54, 1.807) is 0 Å². The van der Waals surface area contributed by atoms with Gasteiger partial charge in [-0.25, -0.2) is 0 Å². The lowest BCUT2D eigenvalue weighted by Gasteiger charge is -2.27. The predicted octanol–water partition coefficient (Wildman–Crippen LogP) is 1.78. The van der Waals surface area contributed by atoms with Gasteiger partial charge < -0.3 is 9.64 Å². The number of aryl methyl sites for hydroxylation is 2. The maximum Gasteiger partial charge on any atom is 0.254 e. The molecular formula is C13H17NO2. The van der Waals surface area contributed by atoms with Gasteiger partial charge in [0.05, 0.1) is 13.2 Å². The zero-order valence-corrected chi connectivity index (χ0v) is 9.82. The van der Waals surface area contributed by atoms with Gasteiger partial charge in [-0.3, -0.25) is 4.79 Å². The van der Waals surface area contributed by atoms with Crippen LogP contribution in [-0.4, -0.2) is 37.1 Å². The number of amides is 1. The molecule has 1 aromatic rings. The molecule has 1 saturated heterocycles. The molecule has 0 saturated carbocycles. The molecule has 0 atom stereocenters. The van der Waals surface area contributed by atoms with Crippen LogP contribution in [0.2, 0.25) is 0 Å². The molecule has 2 rings (SSSR count). The summed E-state index contributed by atoms with van der Waals surface area (Å²) in [6.45, 7) is 6.72. The van der Waals surface area contributed by atoms with Gasteiger partial charge in [-0.15, -0.1) is 0 Å². The molecule has 0 spiro atoms. The van der Waals surface area contributed by atoms with Gasteiger partial charge >= 0.3 is 0 Å². The molecule has 1 aliphatic heterocycles. The minimum Gasteiger partial charge on any atom is -0.378 e. The highest BCUT2D eigenvalue weighted by Crippen LogP contribution is 2.14. The van der Waals surface area contributed by atoms with Crippen molar-refractivity contribution in [3.05, 3.63) is 34.9 Å². The third-order valence-electron chi connectivity index (χ3n) is 2.91. The highest BCUT2D eigenvalue weighted by Gasteiger charge is 2.19. The molecule has 3 nitrogen and oxygen atoms in total. The van der Waals surface area contributed by atoms with E-state index < -0.39 is 0 Å².